The second-order valence-electron chi connectivity index (χ2n) is 3.04. The van der Waals surface area contributed by atoms with Crippen LogP contribution in [0.3, 0.4) is 0 Å². The van der Waals surface area contributed by atoms with Gasteiger partial charge in [-0.1, -0.05) is 13.0 Å². The molecule has 2 nitrogen and oxygen atoms in total. The van der Waals surface area contributed by atoms with Crippen LogP contribution in [-0.4, -0.2) is 16.8 Å². The van der Waals surface area contributed by atoms with E-state index in [0.29, 0.717) is 6.04 Å². The van der Waals surface area contributed by atoms with Crippen molar-refractivity contribution < 1.29 is 0 Å². The van der Waals surface area contributed by atoms with Gasteiger partial charge in [0.05, 0.1) is 0 Å². The molecule has 0 aliphatic carbocycles. The van der Waals surface area contributed by atoms with Crippen molar-refractivity contribution in [2.75, 3.05) is 5.75 Å². The molecule has 2 N–H and O–H groups in total. The highest BCUT2D eigenvalue weighted by Crippen LogP contribution is 2.11. The summed E-state index contributed by atoms with van der Waals surface area (Å²) in [5.74, 6) is 2.05. The van der Waals surface area contributed by atoms with Gasteiger partial charge in [-0.25, -0.2) is 0 Å². The molecule has 0 aromatic carbocycles. The van der Waals surface area contributed by atoms with Crippen LogP contribution in [0.2, 0.25) is 0 Å². The van der Waals surface area contributed by atoms with Gasteiger partial charge >= 0.3 is 0 Å². The third kappa shape index (κ3) is 4.29. The highest BCUT2D eigenvalue weighted by Gasteiger charge is 1.99. The number of hydrogen-bond donors (Lipinski definition) is 1. The molecule has 0 fully saturated rings. The third-order valence-electron chi connectivity index (χ3n) is 1.85. The number of rotatable bonds is 5. The number of pyridine rings is 1. The van der Waals surface area contributed by atoms with Gasteiger partial charge < -0.3 is 5.73 Å². The summed E-state index contributed by atoms with van der Waals surface area (Å²) in [4.78, 5) is 4.06. The molecule has 1 unspecified atom stereocenters. The summed E-state index contributed by atoms with van der Waals surface area (Å²) in [6.45, 7) is 2.12. The van der Waals surface area contributed by atoms with E-state index in [-0.39, 0.29) is 0 Å². The Balaban J connectivity index is 2.20. The predicted octanol–water partition coefficient (Wildman–Crippen LogP) is 2.05. The first-order valence-electron chi connectivity index (χ1n) is 4.55. The zero-order valence-corrected chi connectivity index (χ0v) is 8.76. The van der Waals surface area contributed by atoms with E-state index in [1.165, 1.54) is 5.56 Å². The Kier molecular flexibility index (Phi) is 4.86. The van der Waals surface area contributed by atoms with Gasteiger partial charge in [0.1, 0.15) is 0 Å². The number of thioether (sulfide) groups is 1. The number of nitrogens with zero attached hydrogens (tertiary/aromatic N) is 1. The lowest BCUT2D eigenvalue weighted by Crippen LogP contribution is -2.21. The van der Waals surface area contributed by atoms with Crippen molar-refractivity contribution in [2.45, 2.75) is 25.1 Å². The van der Waals surface area contributed by atoms with Crippen LogP contribution in [-0.2, 0) is 5.75 Å². The predicted molar refractivity (Wildman–Crippen MR) is 58.7 cm³/mol. The first-order valence-corrected chi connectivity index (χ1v) is 5.70. The third-order valence-corrected chi connectivity index (χ3v) is 3.05. The molecule has 0 aliphatic heterocycles. The molecular formula is C10H16N2S. The van der Waals surface area contributed by atoms with Gasteiger partial charge in [0.2, 0.25) is 0 Å². The minimum atomic E-state index is 0.335. The standard InChI is InChI=1S/C10H16N2S/c1-2-10(11)8-13-7-9-4-3-5-12-6-9/h3-6,10H,2,7-8,11H2,1H3. The topological polar surface area (TPSA) is 38.9 Å². The molecule has 72 valence electrons. The van der Waals surface area contributed by atoms with Crippen molar-refractivity contribution in [1.82, 2.24) is 4.98 Å². The molecule has 3 heteroatoms. The molecule has 0 radical (unpaired) electrons. The van der Waals surface area contributed by atoms with Crippen molar-refractivity contribution >= 4 is 11.8 Å². The van der Waals surface area contributed by atoms with Crippen LogP contribution in [0, 0.1) is 0 Å². The smallest absolute Gasteiger partial charge is 0.0308 e. The van der Waals surface area contributed by atoms with Gasteiger partial charge in [-0.3, -0.25) is 4.98 Å². The fraction of sp³-hybridized carbons (Fsp3) is 0.500. The highest BCUT2D eigenvalue weighted by atomic mass is 32.2. The van der Waals surface area contributed by atoms with E-state index in [9.17, 15) is 0 Å². The summed E-state index contributed by atoms with van der Waals surface area (Å²) in [5, 5.41) is 0. The van der Waals surface area contributed by atoms with Crippen molar-refractivity contribution in [1.29, 1.82) is 0 Å². The Morgan fingerprint density at radius 2 is 2.46 bits per heavy atom. The molecule has 13 heavy (non-hydrogen) atoms. The van der Waals surface area contributed by atoms with Gasteiger partial charge in [0, 0.05) is 29.9 Å². The van der Waals surface area contributed by atoms with Crippen molar-refractivity contribution in [2.24, 2.45) is 5.73 Å². The maximum Gasteiger partial charge on any atom is 0.0308 e. The molecule has 1 rings (SSSR count). The lowest BCUT2D eigenvalue weighted by atomic mass is 10.3. The average Bonchev–Trinajstić information content (AvgIpc) is 2.19. The van der Waals surface area contributed by atoms with Crippen LogP contribution >= 0.6 is 11.8 Å². The number of hydrogen-bond acceptors (Lipinski definition) is 3. The van der Waals surface area contributed by atoms with Gasteiger partial charge in [-0.05, 0) is 18.1 Å². The maximum atomic E-state index is 5.80. The van der Waals surface area contributed by atoms with Gasteiger partial charge in [0.15, 0.2) is 0 Å². The molecule has 0 saturated carbocycles. The normalized spacial score (nSPS) is 12.8. The summed E-state index contributed by atoms with van der Waals surface area (Å²) in [6, 6.07) is 4.40. The van der Waals surface area contributed by atoms with E-state index in [1.54, 1.807) is 6.20 Å². The van der Waals surface area contributed by atoms with E-state index in [2.05, 4.69) is 18.0 Å². The Morgan fingerprint density at radius 1 is 1.62 bits per heavy atom. The Morgan fingerprint density at radius 3 is 3.08 bits per heavy atom. The van der Waals surface area contributed by atoms with Gasteiger partial charge in [0.25, 0.3) is 0 Å². The zero-order valence-electron chi connectivity index (χ0n) is 7.94. The van der Waals surface area contributed by atoms with Crippen molar-refractivity contribution in [3.8, 4) is 0 Å². The molecule has 1 aromatic rings. The second-order valence-corrected chi connectivity index (χ2v) is 4.07. The summed E-state index contributed by atoms with van der Waals surface area (Å²) in [5.41, 5.74) is 7.07. The Labute approximate surface area is 83.9 Å². The molecule has 0 bridgehead atoms. The van der Waals surface area contributed by atoms with Crippen LogP contribution in [0.4, 0.5) is 0 Å². The molecule has 1 heterocycles. The molecule has 1 atom stereocenters. The van der Waals surface area contributed by atoms with Gasteiger partial charge in [-0.2, -0.15) is 11.8 Å². The van der Waals surface area contributed by atoms with Crippen LogP contribution in [0.1, 0.15) is 18.9 Å². The zero-order chi connectivity index (χ0) is 9.52. The largest absolute Gasteiger partial charge is 0.327 e. The van der Waals surface area contributed by atoms with Crippen molar-refractivity contribution in [3.63, 3.8) is 0 Å². The van der Waals surface area contributed by atoms with E-state index in [1.807, 2.05) is 24.0 Å². The first-order chi connectivity index (χ1) is 6.33. The molecule has 1 aromatic heterocycles. The summed E-state index contributed by atoms with van der Waals surface area (Å²) < 4.78 is 0. The van der Waals surface area contributed by atoms with Crippen LogP contribution in [0.25, 0.3) is 0 Å². The summed E-state index contributed by atoms with van der Waals surface area (Å²) >= 11 is 1.87. The van der Waals surface area contributed by atoms with E-state index >= 15 is 0 Å². The second kappa shape index (κ2) is 6.00. The van der Waals surface area contributed by atoms with Crippen LogP contribution < -0.4 is 5.73 Å². The maximum absolute atomic E-state index is 5.80. The Bertz CT molecular complexity index is 226. The molecular weight excluding hydrogens is 180 g/mol. The van der Waals surface area contributed by atoms with Crippen LogP contribution in [0.15, 0.2) is 24.5 Å². The monoisotopic (exact) mass is 196 g/mol. The number of nitrogens with two attached hydrogens (primary N) is 1. The highest BCUT2D eigenvalue weighted by molar-refractivity contribution is 7.98. The lowest BCUT2D eigenvalue weighted by molar-refractivity contribution is 0.725. The van der Waals surface area contributed by atoms with Gasteiger partial charge in [-0.15, -0.1) is 0 Å². The summed E-state index contributed by atoms with van der Waals surface area (Å²) in [6.07, 6.45) is 4.76. The van der Waals surface area contributed by atoms with Crippen molar-refractivity contribution in [3.05, 3.63) is 30.1 Å². The molecule has 0 amide bonds. The fourth-order valence-corrected chi connectivity index (χ4v) is 1.99. The summed E-state index contributed by atoms with van der Waals surface area (Å²) in [7, 11) is 0. The first kappa shape index (κ1) is 10.5. The SMILES string of the molecule is CCC(N)CSCc1cccnc1. The minimum Gasteiger partial charge on any atom is -0.327 e. The lowest BCUT2D eigenvalue weighted by Gasteiger charge is -2.07. The fourth-order valence-electron chi connectivity index (χ4n) is 0.930. The molecule has 0 saturated heterocycles. The minimum absolute atomic E-state index is 0.335. The number of aromatic nitrogens is 1. The Hall–Kier alpha value is -0.540. The van der Waals surface area contributed by atoms with E-state index < -0.39 is 0 Å². The molecule has 0 aliphatic rings. The average molecular weight is 196 g/mol. The van der Waals surface area contributed by atoms with E-state index in [4.69, 9.17) is 5.73 Å². The van der Waals surface area contributed by atoms with E-state index in [0.717, 1.165) is 17.9 Å². The quantitative estimate of drug-likeness (QED) is 0.783. The molecule has 0 spiro atoms. The van der Waals surface area contributed by atoms with Crippen LogP contribution in [0.5, 0.6) is 0 Å².